The maximum Gasteiger partial charge on any atom is 0.332 e. The third-order valence-corrected chi connectivity index (χ3v) is 6.68. The molecule has 0 saturated carbocycles. The molecule has 0 aliphatic rings. The van der Waals surface area contributed by atoms with Crippen molar-refractivity contribution in [2.24, 2.45) is 7.05 Å². The average molecular weight is 460 g/mol. The van der Waals surface area contributed by atoms with E-state index in [1.54, 1.807) is 13.2 Å². The summed E-state index contributed by atoms with van der Waals surface area (Å²) in [4.78, 5) is 35.4. The molecule has 4 aromatic heterocycles. The van der Waals surface area contributed by atoms with E-state index in [0.717, 1.165) is 37.3 Å². The zero-order chi connectivity index (χ0) is 23.8. The van der Waals surface area contributed by atoms with Crippen LogP contribution in [0.3, 0.4) is 0 Å². The van der Waals surface area contributed by atoms with Gasteiger partial charge in [-0.25, -0.2) is 9.78 Å². The number of hydrogen-bond donors (Lipinski definition) is 0. The first-order valence-electron chi connectivity index (χ1n) is 11.6. The minimum atomic E-state index is -0.327. The van der Waals surface area contributed by atoms with Crippen molar-refractivity contribution in [1.82, 2.24) is 32.6 Å². The van der Waals surface area contributed by atoms with Crippen molar-refractivity contribution < 1.29 is 0 Å². The molecule has 5 rings (SSSR count). The molecule has 34 heavy (non-hydrogen) atoms. The monoisotopic (exact) mass is 459 g/mol. The maximum atomic E-state index is 13.5. The molecule has 1 aromatic carbocycles. The van der Waals surface area contributed by atoms with Crippen LogP contribution in [0.1, 0.15) is 29.8 Å². The second-order valence-corrected chi connectivity index (χ2v) is 8.78. The van der Waals surface area contributed by atoms with E-state index in [1.165, 1.54) is 14.7 Å². The van der Waals surface area contributed by atoms with Gasteiger partial charge in [0.1, 0.15) is 0 Å². The zero-order valence-electron chi connectivity index (χ0n) is 19.8. The average Bonchev–Trinajstić information content (AvgIpc) is 3.55. The minimum Gasteiger partial charge on any atom is -0.337 e. The summed E-state index contributed by atoms with van der Waals surface area (Å²) in [7, 11) is 1.69. The summed E-state index contributed by atoms with van der Waals surface area (Å²) in [5.41, 5.74) is 3.51. The van der Waals surface area contributed by atoms with E-state index < -0.39 is 0 Å². The largest absolute Gasteiger partial charge is 0.337 e. The van der Waals surface area contributed by atoms with Crippen LogP contribution < -0.4 is 11.2 Å². The van der Waals surface area contributed by atoms with Crippen LogP contribution in [0.25, 0.3) is 16.9 Å². The highest BCUT2D eigenvalue weighted by Crippen LogP contribution is 2.21. The molecule has 0 fully saturated rings. The Balaban J connectivity index is 1.52. The lowest BCUT2D eigenvalue weighted by Gasteiger charge is -2.09. The van der Waals surface area contributed by atoms with Crippen LogP contribution in [-0.2, 0) is 33.1 Å². The van der Waals surface area contributed by atoms with E-state index in [-0.39, 0.29) is 11.2 Å². The van der Waals surface area contributed by atoms with Crippen LogP contribution in [0.15, 0.2) is 58.6 Å². The van der Waals surface area contributed by atoms with Crippen LogP contribution in [0.4, 0.5) is 0 Å². The van der Waals surface area contributed by atoms with Crippen LogP contribution in [0, 0.1) is 13.8 Å². The molecule has 0 atom stereocenters. The standard InChI is InChI=1S/C25H29N7O2/c1-18-19(2)32-21-22(27-24(32)30(18)15-8-13-29-16-12-26-17-29)28(3)25(34)31(23(21)33)14-7-11-20-9-5-4-6-10-20/h4-6,9-10,12,16-17H,7-8,11,13-15H2,1-3H3. The maximum absolute atomic E-state index is 13.5. The Morgan fingerprint density at radius 3 is 2.41 bits per heavy atom. The number of hydrogen-bond acceptors (Lipinski definition) is 4. The number of aryl methyl sites for hydroxylation is 5. The minimum absolute atomic E-state index is 0.280. The molecule has 0 bridgehead atoms. The van der Waals surface area contributed by atoms with Crippen molar-refractivity contribution in [3.8, 4) is 0 Å². The van der Waals surface area contributed by atoms with Crippen molar-refractivity contribution in [1.29, 1.82) is 0 Å². The molecule has 0 spiro atoms. The Morgan fingerprint density at radius 2 is 1.68 bits per heavy atom. The fourth-order valence-corrected chi connectivity index (χ4v) is 4.70. The fourth-order valence-electron chi connectivity index (χ4n) is 4.70. The second-order valence-electron chi connectivity index (χ2n) is 8.78. The lowest BCUT2D eigenvalue weighted by Crippen LogP contribution is -2.39. The van der Waals surface area contributed by atoms with Crippen molar-refractivity contribution in [3.63, 3.8) is 0 Å². The molecule has 5 aromatic rings. The summed E-state index contributed by atoms with van der Waals surface area (Å²) in [6, 6.07) is 10.1. The molecule has 9 heteroatoms. The number of nitrogens with zero attached hydrogens (tertiary/aromatic N) is 7. The predicted octanol–water partition coefficient (Wildman–Crippen LogP) is 2.69. The Bertz CT molecular complexity index is 1570. The van der Waals surface area contributed by atoms with E-state index in [9.17, 15) is 9.59 Å². The molecule has 0 N–H and O–H groups in total. The topological polar surface area (TPSA) is 84.0 Å². The van der Waals surface area contributed by atoms with Gasteiger partial charge < -0.3 is 9.13 Å². The number of aromatic nitrogens is 7. The molecule has 0 aliphatic heterocycles. The number of imidazole rings is 3. The van der Waals surface area contributed by atoms with Crippen molar-refractivity contribution in [2.75, 3.05) is 0 Å². The summed E-state index contributed by atoms with van der Waals surface area (Å²) in [5.74, 6) is 0.699. The van der Waals surface area contributed by atoms with Gasteiger partial charge >= 0.3 is 5.69 Å². The van der Waals surface area contributed by atoms with Crippen LogP contribution in [0.5, 0.6) is 0 Å². The van der Waals surface area contributed by atoms with Crippen molar-refractivity contribution >= 4 is 16.9 Å². The molecular weight excluding hydrogens is 430 g/mol. The molecule has 4 heterocycles. The number of fused-ring (bicyclic) bond motifs is 3. The highest BCUT2D eigenvalue weighted by atomic mass is 16.2. The number of rotatable bonds is 8. The van der Waals surface area contributed by atoms with E-state index in [1.807, 2.05) is 53.5 Å². The van der Waals surface area contributed by atoms with Gasteiger partial charge in [0.25, 0.3) is 5.56 Å². The normalized spacial score (nSPS) is 11.7. The van der Waals surface area contributed by atoms with Gasteiger partial charge in [-0.1, -0.05) is 30.3 Å². The lowest BCUT2D eigenvalue weighted by atomic mass is 10.1. The highest BCUT2D eigenvalue weighted by molar-refractivity contribution is 5.76. The second kappa shape index (κ2) is 8.81. The molecule has 0 saturated heterocycles. The van der Waals surface area contributed by atoms with Gasteiger partial charge in [0, 0.05) is 50.5 Å². The predicted molar refractivity (Wildman–Crippen MR) is 131 cm³/mol. The third kappa shape index (κ3) is 3.67. The first kappa shape index (κ1) is 21.9. The summed E-state index contributed by atoms with van der Waals surface area (Å²) < 4.78 is 8.94. The van der Waals surface area contributed by atoms with E-state index in [2.05, 4.69) is 21.7 Å². The van der Waals surface area contributed by atoms with Crippen molar-refractivity contribution in [3.05, 3.63) is 86.8 Å². The van der Waals surface area contributed by atoms with Gasteiger partial charge in [-0.05, 0) is 38.7 Å². The summed E-state index contributed by atoms with van der Waals surface area (Å²) in [6.45, 7) is 6.01. The van der Waals surface area contributed by atoms with Gasteiger partial charge in [-0.3, -0.25) is 18.3 Å². The zero-order valence-corrected chi connectivity index (χ0v) is 19.8. The van der Waals surface area contributed by atoms with Crippen LogP contribution in [0.2, 0.25) is 0 Å². The van der Waals surface area contributed by atoms with Gasteiger partial charge in [0.2, 0.25) is 5.78 Å². The van der Waals surface area contributed by atoms with E-state index >= 15 is 0 Å². The quantitative estimate of drug-likeness (QED) is 0.357. The van der Waals surface area contributed by atoms with Crippen LogP contribution >= 0.6 is 0 Å². The molecule has 176 valence electrons. The van der Waals surface area contributed by atoms with E-state index in [4.69, 9.17) is 4.98 Å². The summed E-state index contributed by atoms with van der Waals surface area (Å²) >= 11 is 0. The molecule has 0 aliphatic carbocycles. The Hall–Kier alpha value is -3.88. The van der Waals surface area contributed by atoms with Gasteiger partial charge in [-0.2, -0.15) is 4.98 Å². The SMILES string of the molecule is Cc1c(C)n2c3c(=O)n(CCCc4ccccc4)c(=O)n(C)c3nc2n1CCCn1ccnc1. The smallest absolute Gasteiger partial charge is 0.332 e. The Labute approximate surface area is 196 Å². The lowest BCUT2D eigenvalue weighted by molar-refractivity contribution is 0.563. The van der Waals surface area contributed by atoms with Crippen molar-refractivity contribution in [2.45, 2.75) is 52.7 Å². The van der Waals surface area contributed by atoms with E-state index in [0.29, 0.717) is 29.9 Å². The molecule has 0 radical (unpaired) electrons. The fraction of sp³-hybridized carbons (Fsp3) is 0.360. The first-order valence-corrected chi connectivity index (χ1v) is 11.6. The highest BCUT2D eigenvalue weighted by Gasteiger charge is 2.22. The first-order chi connectivity index (χ1) is 16.5. The molecular formula is C25H29N7O2. The summed E-state index contributed by atoms with van der Waals surface area (Å²) in [6.07, 6.45) is 7.94. The number of benzene rings is 1. The molecule has 9 nitrogen and oxygen atoms in total. The summed E-state index contributed by atoms with van der Waals surface area (Å²) in [5, 5.41) is 0. The Kier molecular flexibility index (Phi) is 5.69. The molecule has 0 amide bonds. The van der Waals surface area contributed by atoms with Gasteiger partial charge in [0.05, 0.1) is 6.33 Å². The molecule has 0 unspecified atom stereocenters. The van der Waals surface area contributed by atoms with Gasteiger partial charge in [0.15, 0.2) is 11.2 Å². The van der Waals surface area contributed by atoms with Crippen LogP contribution in [-0.4, -0.2) is 32.6 Å². The Morgan fingerprint density at radius 1 is 0.912 bits per heavy atom. The van der Waals surface area contributed by atoms with Gasteiger partial charge in [-0.15, -0.1) is 0 Å². The third-order valence-electron chi connectivity index (χ3n) is 6.68.